The highest BCUT2D eigenvalue weighted by atomic mass is 16.8. The molecule has 19 N–H and O–H groups in total. The highest BCUT2D eigenvalue weighted by molar-refractivity contribution is 5.73. The summed E-state index contributed by atoms with van der Waals surface area (Å²) in [5.74, 6) is -0.913. The fraction of sp³-hybridized carbons (Fsp3) is 0.974. The molecule has 0 aromatic heterocycles. The molecule has 0 aliphatic carbocycles. The van der Waals surface area contributed by atoms with Gasteiger partial charge in [-0.3, -0.25) is 4.79 Å². The Labute approximate surface area is 386 Å². The van der Waals surface area contributed by atoms with Crippen molar-refractivity contribution in [1.82, 2.24) is 5.32 Å². The van der Waals surface area contributed by atoms with Crippen LogP contribution < -0.4 is 5.32 Å². The third-order valence-electron chi connectivity index (χ3n) is 12.4. The molecule has 5 heterocycles. The van der Waals surface area contributed by atoms with Crippen LogP contribution in [0.2, 0.25) is 0 Å². The minimum Gasteiger partial charge on any atom is -0.394 e. The second-order valence-corrected chi connectivity index (χ2v) is 17.2. The van der Waals surface area contributed by atoms with E-state index in [0.717, 1.165) is 6.92 Å². The van der Waals surface area contributed by atoms with Crippen molar-refractivity contribution in [2.45, 2.75) is 199 Å². The number of rotatable bonds is 19. The summed E-state index contributed by atoms with van der Waals surface area (Å²) in [5.41, 5.74) is 0. The number of amides is 1. The van der Waals surface area contributed by atoms with Gasteiger partial charge in [0.1, 0.15) is 134 Å². The van der Waals surface area contributed by atoms with Gasteiger partial charge in [-0.2, -0.15) is 0 Å². The summed E-state index contributed by atoms with van der Waals surface area (Å²) in [6.45, 7) is -1.73. The standard InChI is InChI=1S/C38H67NO29/c1-9-18(48)23(53)26(56)35(59-9)65-30-16(8-44)63-34(67-32-22(52)15(7-43)61-37(28(32)58)64-29(13(47)5-41)20(50)12(46)4-40)17(39-11(3)45)31(30)66-38-33(25(55)21(51)14(6-42)62-38)68-36-27(57)24(54)19(49)10(2)60-36/h9-10,12-38,40-44,46-58H,4-8H2,1-3H3,(H,39,45)/t9-,10-,12-,13+,14+,15+,16+,17+,18+,19+,20+,21-,22-,23+,24+,25-,26-,27-,28+,29+,30+,31+,32-,33+,34-,35-,36-,37-,38-/m0/s1. The van der Waals surface area contributed by atoms with Gasteiger partial charge in [-0.1, -0.05) is 0 Å². The molecule has 0 radical (unpaired) electrons. The summed E-state index contributed by atoms with van der Waals surface area (Å²) >= 11 is 0. The molecule has 30 nitrogen and oxygen atoms in total. The number of carbonyl (C=O) groups excluding carboxylic acids is 1. The van der Waals surface area contributed by atoms with E-state index in [0.29, 0.717) is 0 Å². The minimum absolute atomic E-state index is 0.913. The lowest BCUT2D eigenvalue weighted by Gasteiger charge is -2.52. The summed E-state index contributed by atoms with van der Waals surface area (Å²) in [5, 5.41) is 193. The molecule has 0 unspecified atom stereocenters. The van der Waals surface area contributed by atoms with Crippen LogP contribution in [0.25, 0.3) is 0 Å². The van der Waals surface area contributed by atoms with Gasteiger partial charge in [0, 0.05) is 6.92 Å². The highest BCUT2D eigenvalue weighted by Crippen LogP contribution is 2.37. The van der Waals surface area contributed by atoms with Crippen LogP contribution in [-0.4, -0.2) is 309 Å². The molecular weight excluding hydrogens is 934 g/mol. The lowest BCUT2D eigenvalue weighted by atomic mass is 9.93. The monoisotopic (exact) mass is 1000 g/mol. The maximum Gasteiger partial charge on any atom is 0.217 e. The molecule has 0 bridgehead atoms. The molecule has 29 atom stereocenters. The quantitative estimate of drug-likeness (QED) is 0.0571. The van der Waals surface area contributed by atoms with Crippen molar-refractivity contribution < 1.29 is 144 Å². The Morgan fingerprint density at radius 3 is 1.43 bits per heavy atom. The second kappa shape index (κ2) is 24.9. The normalized spacial score (nSPS) is 47.8. The summed E-state index contributed by atoms with van der Waals surface area (Å²) in [6.07, 6.45) is -53.5. The van der Waals surface area contributed by atoms with Gasteiger partial charge < -0.3 is 145 Å². The number of hydrogen-bond acceptors (Lipinski definition) is 29. The highest BCUT2D eigenvalue weighted by Gasteiger charge is 2.58. The first-order valence-electron chi connectivity index (χ1n) is 21.8. The van der Waals surface area contributed by atoms with Gasteiger partial charge in [-0.05, 0) is 13.8 Å². The molecule has 0 aromatic carbocycles. The van der Waals surface area contributed by atoms with Crippen LogP contribution in [0.4, 0.5) is 0 Å². The van der Waals surface area contributed by atoms with Crippen molar-refractivity contribution in [3.63, 3.8) is 0 Å². The zero-order valence-corrected chi connectivity index (χ0v) is 36.8. The lowest BCUT2D eigenvalue weighted by molar-refractivity contribution is -0.399. The Bertz CT molecular complexity index is 1550. The molecule has 5 rings (SSSR count). The predicted molar refractivity (Wildman–Crippen MR) is 210 cm³/mol. The average Bonchev–Trinajstić information content (AvgIpc) is 3.31. The lowest BCUT2D eigenvalue weighted by Crippen LogP contribution is -2.71. The Balaban J connectivity index is 1.58. The third-order valence-corrected chi connectivity index (χ3v) is 12.4. The molecular formula is C38H67NO29. The Morgan fingerprint density at radius 2 is 0.926 bits per heavy atom. The van der Waals surface area contributed by atoms with E-state index < -0.39 is 217 Å². The van der Waals surface area contributed by atoms with Gasteiger partial charge in [-0.15, -0.1) is 0 Å². The molecule has 5 aliphatic rings. The molecule has 68 heavy (non-hydrogen) atoms. The van der Waals surface area contributed by atoms with Gasteiger partial charge in [0.25, 0.3) is 0 Å². The molecule has 5 aliphatic heterocycles. The summed E-state index contributed by atoms with van der Waals surface area (Å²) in [7, 11) is 0. The number of hydrogen-bond donors (Lipinski definition) is 19. The maximum absolute atomic E-state index is 13.1. The molecule has 0 spiro atoms. The van der Waals surface area contributed by atoms with Crippen LogP contribution in [0, 0.1) is 0 Å². The molecule has 30 heteroatoms. The van der Waals surface area contributed by atoms with Crippen LogP contribution >= 0.6 is 0 Å². The third kappa shape index (κ3) is 12.4. The number of aliphatic hydroxyl groups excluding tert-OH is 18. The van der Waals surface area contributed by atoms with E-state index in [4.69, 9.17) is 47.4 Å². The topological polar surface area (TPSA) is 486 Å². The number of nitrogens with one attached hydrogen (secondary N) is 1. The van der Waals surface area contributed by atoms with E-state index in [-0.39, 0.29) is 0 Å². The molecule has 5 saturated heterocycles. The van der Waals surface area contributed by atoms with Crippen molar-refractivity contribution in [2.75, 3.05) is 33.0 Å². The molecule has 5 fully saturated rings. The van der Waals surface area contributed by atoms with E-state index in [2.05, 4.69) is 5.32 Å². The van der Waals surface area contributed by atoms with E-state index >= 15 is 0 Å². The van der Waals surface area contributed by atoms with Gasteiger partial charge in [0.15, 0.2) is 31.5 Å². The average molecular weight is 1000 g/mol. The first kappa shape index (κ1) is 57.3. The summed E-state index contributed by atoms with van der Waals surface area (Å²) in [6, 6.07) is -1.89. The van der Waals surface area contributed by atoms with Crippen LogP contribution in [0.1, 0.15) is 20.8 Å². The largest absolute Gasteiger partial charge is 0.394 e. The Hall–Kier alpha value is -1.65. The Morgan fingerprint density at radius 1 is 0.471 bits per heavy atom. The van der Waals surface area contributed by atoms with Gasteiger partial charge >= 0.3 is 0 Å². The number of aliphatic hydroxyl groups is 18. The first-order valence-corrected chi connectivity index (χ1v) is 21.8. The maximum atomic E-state index is 13.1. The summed E-state index contributed by atoms with van der Waals surface area (Å²) in [4.78, 5) is 13.1. The fourth-order valence-corrected chi connectivity index (χ4v) is 8.37. The van der Waals surface area contributed by atoms with E-state index in [9.17, 15) is 96.7 Å². The summed E-state index contributed by atoms with van der Waals surface area (Å²) < 4.78 is 58.4. The molecule has 1 amide bonds. The van der Waals surface area contributed by atoms with E-state index in [1.54, 1.807) is 0 Å². The van der Waals surface area contributed by atoms with Crippen molar-refractivity contribution in [2.24, 2.45) is 0 Å². The molecule has 398 valence electrons. The SMILES string of the molecule is CC(=O)N[C@H]1[C@H](O[C@H]2[C@@H](O)[C@@H](CO)O[C@@H](O[C@@H]([C@H](O)[C@@H](O)CO)[C@H](O)CO)[C@@H]2O)O[C@H](CO)[C@@H](O[C@@H]2O[C@@H](C)[C@@H](O)[C@@H](O)[C@@H]2O)[C@@H]1O[C@@H]1O[C@H](CO)[C@H](O)[C@H](O)[C@H]1O[C@@H]1O[C@@H](C)[C@@H](O)[C@@H](O)[C@@H]1O. The van der Waals surface area contributed by atoms with E-state index in [1.807, 2.05) is 0 Å². The molecule has 0 saturated carbocycles. The fourth-order valence-electron chi connectivity index (χ4n) is 8.37. The minimum atomic E-state index is -2.26. The zero-order valence-electron chi connectivity index (χ0n) is 36.8. The van der Waals surface area contributed by atoms with Crippen molar-refractivity contribution >= 4 is 5.91 Å². The number of ether oxygens (including phenoxy) is 10. The zero-order chi connectivity index (χ0) is 50.6. The van der Waals surface area contributed by atoms with Crippen molar-refractivity contribution in [3.05, 3.63) is 0 Å². The van der Waals surface area contributed by atoms with Crippen LogP contribution in [0.15, 0.2) is 0 Å². The Kier molecular flexibility index (Phi) is 20.9. The van der Waals surface area contributed by atoms with E-state index in [1.165, 1.54) is 13.8 Å². The van der Waals surface area contributed by atoms with Gasteiger partial charge in [0.05, 0.1) is 45.2 Å². The smallest absolute Gasteiger partial charge is 0.217 e. The predicted octanol–water partition coefficient (Wildman–Crippen LogP) is -12.3. The van der Waals surface area contributed by atoms with Crippen molar-refractivity contribution in [3.8, 4) is 0 Å². The molecule has 0 aromatic rings. The number of carbonyl (C=O) groups is 1. The van der Waals surface area contributed by atoms with Gasteiger partial charge in [-0.25, -0.2) is 0 Å². The van der Waals surface area contributed by atoms with Crippen molar-refractivity contribution in [1.29, 1.82) is 0 Å². The van der Waals surface area contributed by atoms with Crippen LogP contribution in [0.3, 0.4) is 0 Å². The van der Waals surface area contributed by atoms with Crippen LogP contribution in [0.5, 0.6) is 0 Å². The second-order valence-electron chi connectivity index (χ2n) is 17.2. The first-order chi connectivity index (χ1) is 32.0. The van der Waals surface area contributed by atoms with Gasteiger partial charge in [0.2, 0.25) is 5.91 Å². The van der Waals surface area contributed by atoms with Crippen LogP contribution in [-0.2, 0) is 52.2 Å².